The summed E-state index contributed by atoms with van der Waals surface area (Å²) in [5.41, 5.74) is 4.14. The van der Waals surface area contributed by atoms with Crippen LogP contribution in [0.5, 0.6) is 0 Å². The molecule has 0 saturated carbocycles. The number of aromatic nitrogens is 3. The lowest BCUT2D eigenvalue weighted by Gasteiger charge is -2.04. The topological polar surface area (TPSA) is 51.8 Å². The van der Waals surface area contributed by atoms with E-state index in [1.54, 1.807) is 12.4 Å². The van der Waals surface area contributed by atoms with Gasteiger partial charge in [-0.25, -0.2) is 0 Å². The number of nitrogens with zero attached hydrogens (tertiary/aromatic N) is 3. The normalized spacial score (nSPS) is 11.5. The van der Waals surface area contributed by atoms with Gasteiger partial charge in [0, 0.05) is 29.5 Å². The lowest BCUT2D eigenvalue weighted by Crippen LogP contribution is -1.87. The fourth-order valence-corrected chi connectivity index (χ4v) is 2.97. The van der Waals surface area contributed by atoms with Crippen molar-refractivity contribution in [1.82, 2.24) is 15.0 Å². The minimum absolute atomic E-state index is 0.728. The molecule has 0 saturated heterocycles. The van der Waals surface area contributed by atoms with Crippen molar-refractivity contribution in [3.05, 3.63) is 67.3 Å². The molecule has 0 bridgehead atoms. The molecule has 1 aromatic carbocycles. The lowest BCUT2D eigenvalue weighted by atomic mass is 10.1. The number of hydrogen-bond acceptors (Lipinski definition) is 4. The highest BCUT2D eigenvalue weighted by Gasteiger charge is 2.14. The molecule has 0 aliphatic rings. The molecule has 0 unspecified atom stereocenters. The Morgan fingerprint density at radius 3 is 2.65 bits per heavy atom. The Morgan fingerprint density at radius 2 is 1.70 bits per heavy atom. The predicted octanol–water partition coefficient (Wildman–Crippen LogP) is 4.59. The summed E-state index contributed by atoms with van der Waals surface area (Å²) in [5, 5.41) is 3.22. The zero-order valence-electron chi connectivity index (χ0n) is 12.1. The molecule has 0 aliphatic heterocycles. The lowest BCUT2D eigenvalue weighted by molar-refractivity contribution is 0.666. The van der Waals surface area contributed by atoms with Crippen molar-refractivity contribution < 1.29 is 4.42 Å². The highest BCUT2D eigenvalue weighted by molar-refractivity contribution is 6.10. The number of furan rings is 1. The minimum Gasteiger partial charge on any atom is -0.453 e. The monoisotopic (exact) mass is 297 g/mol. The van der Waals surface area contributed by atoms with E-state index < -0.39 is 0 Å². The number of benzene rings is 1. The second-order valence-corrected chi connectivity index (χ2v) is 5.43. The van der Waals surface area contributed by atoms with Crippen LogP contribution in [-0.2, 0) is 0 Å². The standard InChI is InChI=1S/C19H11N3O/c1-2-5-13-9-22-15(8-12(13)4-1)14-10-20-11-17-18(14)19-16(23-17)6-3-7-21-19/h1-11H. The second kappa shape index (κ2) is 4.61. The van der Waals surface area contributed by atoms with Gasteiger partial charge in [0.05, 0.1) is 17.3 Å². The molecule has 0 aliphatic carbocycles. The maximum atomic E-state index is 5.85. The summed E-state index contributed by atoms with van der Waals surface area (Å²) in [6, 6.07) is 14.0. The Kier molecular flexibility index (Phi) is 2.46. The van der Waals surface area contributed by atoms with Crippen molar-refractivity contribution in [2.45, 2.75) is 0 Å². The van der Waals surface area contributed by atoms with E-state index in [4.69, 9.17) is 4.42 Å². The van der Waals surface area contributed by atoms with Crippen molar-refractivity contribution in [1.29, 1.82) is 0 Å². The summed E-state index contributed by atoms with van der Waals surface area (Å²) in [4.78, 5) is 13.4. The van der Waals surface area contributed by atoms with Gasteiger partial charge in [0.1, 0.15) is 5.52 Å². The van der Waals surface area contributed by atoms with Crippen molar-refractivity contribution in [2.75, 3.05) is 0 Å². The van der Waals surface area contributed by atoms with E-state index in [1.807, 2.05) is 36.7 Å². The Balaban J connectivity index is 1.87. The number of pyridine rings is 3. The van der Waals surface area contributed by atoms with Crippen molar-refractivity contribution in [3.8, 4) is 11.3 Å². The van der Waals surface area contributed by atoms with Crippen molar-refractivity contribution >= 4 is 32.8 Å². The van der Waals surface area contributed by atoms with E-state index in [0.29, 0.717) is 0 Å². The van der Waals surface area contributed by atoms with Crippen LogP contribution < -0.4 is 0 Å². The van der Waals surface area contributed by atoms with E-state index in [1.165, 1.54) is 0 Å². The molecule has 23 heavy (non-hydrogen) atoms. The first kappa shape index (κ1) is 12.3. The molecule has 4 heterocycles. The van der Waals surface area contributed by atoms with E-state index in [-0.39, 0.29) is 0 Å². The summed E-state index contributed by atoms with van der Waals surface area (Å²) in [7, 11) is 0. The SMILES string of the molecule is c1ccc2cc(-c3cncc4oc5cccnc5c34)ncc2c1. The quantitative estimate of drug-likeness (QED) is 0.454. The fraction of sp³-hybridized carbons (Fsp3) is 0. The summed E-state index contributed by atoms with van der Waals surface area (Å²) < 4.78 is 5.85. The van der Waals surface area contributed by atoms with Crippen molar-refractivity contribution in [2.24, 2.45) is 0 Å². The molecule has 4 nitrogen and oxygen atoms in total. The summed E-state index contributed by atoms with van der Waals surface area (Å²) in [6.45, 7) is 0. The third kappa shape index (κ3) is 1.82. The van der Waals surface area contributed by atoms with Gasteiger partial charge in [-0.1, -0.05) is 24.3 Å². The van der Waals surface area contributed by atoms with Crippen molar-refractivity contribution in [3.63, 3.8) is 0 Å². The predicted molar refractivity (Wildman–Crippen MR) is 90.0 cm³/mol. The molecule has 0 radical (unpaired) electrons. The van der Waals surface area contributed by atoms with Gasteiger partial charge < -0.3 is 4.42 Å². The first-order valence-corrected chi connectivity index (χ1v) is 7.36. The van der Waals surface area contributed by atoms with Gasteiger partial charge in [-0.2, -0.15) is 0 Å². The van der Waals surface area contributed by atoms with Crippen LogP contribution >= 0.6 is 0 Å². The van der Waals surface area contributed by atoms with Gasteiger partial charge in [-0.3, -0.25) is 15.0 Å². The van der Waals surface area contributed by atoms with Gasteiger partial charge >= 0.3 is 0 Å². The van der Waals surface area contributed by atoms with Crippen LogP contribution in [0.25, 0.3) is 44.1 Å². The molecular weight excluding hydrogens is 286 g/mol. The van der Waals surface area contributed by atoms with Crippen LogP contribution in [0.4, 0.5) is 0 Å². The van der Waals surface area contributed by atoms with E-state index in [9.17, 15) is 0 Å². The van der Waals surface area contributed by atoms with Crippen LogP contribution in [0.1, 0.15) is 0 Å². The zero-order chi connectivity index (χ0) is 15.2. The molecule has 4 heteroatoms. The first-order valence-electron chi connectivity index (χ1n) is 7.36. The van der Waals surface area contributed by atoms with E-state index in [2.05, 4.69) is 33.2 Å². The largest absolute Gasteiger partial charge is 0.453 e. The highest BCUT2D eigenvalue weighted by Crippen LogP contribution is 2.34. The molecular formula is C19H11N3O. The average Bonchev–Trinajstić information content (AvgIpc) is 3.00. The maximum Gasteiger partial charge on any atom is 0.156 e. The molecule has 0 N–H and O–H groups in total. The van der Waals surface area contributed by atoms with Gasteiger partial charge in [-0.15, -0.1) is 0 Å². The molecule has 5 rings (SSSR count). The third-order valence-corrected chi connectivity index (χ3v) is 4.05. The maximum absolute atomic E-state index is 5.85. The molecule has 0 spiro atoms. The Hall–Kier alpha value is -3.27. The summed E-state index contributed by atoms with van der Waals surface area (Å²) in [5.74, 6) is 0. The van der Waals surface area contributed by atoms with Crippen LogP contribution in [0, 0.1) is 0 Å². The Morgan fingerprint density at radius 1 is 0.783 bits per heavy atom. The molecule has 0 fully saturated rings. The van der Waals surface area contributed by atoms with Crippen LogP contribution in [0.3, 0.4) is 0 Å². The van der Waals surface area contributed by atoms with E-state index in [0.717, 1.165) is 44.1 Å². The van der Waals surface area contributed by atoms with E-state index >= 15 is 0 Å². The minimum atomic E-state index is 0.728. The second-order valence-electron chi connectivity index (χ2n) is 5.43. The Bertz CT molecular complexity index is 1180. The van der Waals surface area contributed by atoms with Gasteiger partial charge in [0.25, 0.3) is 0 Å². The molecule has 0 amide bonds. The fourth-order valence-electron chi connectivity index (χ4n) is 2.97. The summed E-state index contributed by atoms with van der Waals surface area (Å²) >= 11 is 0. The first-order chi connectivity index (χ1) is 11.4. The molecule has 4 aromatic heterocycles. The Labute approximate surface area is 131 Å². The molecule has 5 aromatic rings. The zero-order valence-corrected chi connectivity index (χ0v) is 12.1. The number of rotatable bonds is 1. The molecule has 108 valence electrons. The average molecular weight is 297 g/mol. The van der Waals surface area contributed by atoms with Crippen LogP contribution in [0.15, 0.2) is 71.7 Å². The number of fused-ring (bicyclic) bond motifs is 4. The highest BCUT2D eigenvalue weighted by atomic mass is 16.3. The van der Waals surface area contributed by atoms with Gasteiger partial charge in [-0.05, 0) is 23.6 Å². The molecule has 0 atom stereocenters. The third-order valence-electron chi connectivity index (χ3n) is 4.05. The smallest absolute Gasteiger partial charge is 0.156 e. The summed E-state index contributed by atoms with van der Waals surface area (Å²) in [6.07, 6.45) is 7.21. The van der Waals surface area contributed by atoms with Gasteiger partial charge in [0.2, 0.25) is 0 Å². The van der Waals surface area contributed by atoms with Crippen LogP contribution in [-0.4, -0.2) is 15.0 Å². The number of hydrogen-bond donors (Lipinski definition) is 0. The van der Waals surface area contributed by atoms with Gasteiger partial charge in [0.15, 0.2) is 11.2 Å². The van der Waals surface area contributed by atoms with Crippen LogP contribution in [0.2, 0.25) is 0 Å².